The Hall–Kier alpha value is -1.57. The number of ether oxygens (including phenoxy) is 1. The number of carbonyl (C=O) groups excluding carboxylic acids is 1. The minimum atomic E-state index is -4.75. The minimum Gasteiger partial charge on any atom is -0.405 e. The molecule has 1 aromatic rings. The number of amides is 2. The van der Waals surface area contributed by atoms with Crippen molar-refractivity contribution >= 4 is 17.8 Å². The van der Waals surface area contributed by atoms with Crippen molar-refractivity contribution in [3.8, 4) is 5.75 Å². The molecule has 1 aliphatic rings. The first-order valence-electron chi connectivity index (χ1n) is 6.40. The number of thioether (sulfide) groups is 1. The van der Waals surface area contributed by atoms with E-state index in [1.165, 1.54) is 18.2 Å². The number of urea groups is 1. The van der Waals surface area contributed by atoms with E-state index in [-0.39, 0.29) is 23.9 Å². The summed E-state index contributed by atoms with van der Waals surface area (Å²) in [6, 6.07) is 5.51. The number of nitrogens with zero attached hydrogens (tertiary/aromatic N) is 1. The van der Waals surface area contributed by atoms with Crippen molar-refractivity contribution in [1.29, 1.82) is 0 Å². The van der Waals surface area contributed by atoms with E-state index in [2.05, 4.69) is 10.1 Å². The molecule has 0 aromatic heterocycles. The molecule has 0 radical (unpaired) electrons. The Morgan fingerprint density at radius 2 is 1.95 bits per heavy atom. The molecule has 0 bridgehead atoms. The van der Waals surface area contributed by atoms with Gasteiger partial charge in [0.15, 0.2) is 0 Å². The summed E-state index contributed by atoms with van der Waals surface area (Å²) in [6.45, 7) is 1.29. The molecule has 0 spiro atoms. The smallest absolute Gasteiger partial charge is 0.405 e. The second kappa shape index (κ2) is 6.93. The van der Waals surface area contributed by atoms with Gasteiger partial charge in [0.2, 0.25) is 0 Å². The molecule has 0 aliphatic carbocycles. The van der Waals surface area contributed by atoms with Gasteiger partial charge in [-0.3, -0.25) is 0 Å². The van der Waals surface area contributed by atoms with Gasteiger partial charge in [0.05, 0.1) is 0 Å². The van der Waals surface area contributed by atoms with Crippen LogP contribution in [0, 0.1) is 0 Å². The first-order valence-corrected chi connectivity index (χ1v) is 7.55. The topological polar surface area (TPSA) is 41.6 Å². The number of benzene rings is 1. The van der Waals surface area contributed by atoms with Crippen molar-refractivity contribution in [1.82, 2.24) is 10.2 Å². The van der Waals surface area contributed by atoms with E-state index in [1.54, 1.807) is 22.7 Å². The third-order valence-electron chi connectivity index (χ3n) is 2.93. The van der Waals surface area contributed by atoms with Gasteiger partial charge < -0.3 is 15.0 Å². The van der Waals surface area contributed by atoms with Gasteiger partial charge in [0.25, 0.3) is 0 Å². The van der Waals surface area contributed by atoms with Gasteiger partial charge >= 0.3 is 12.4 Å². The molecule has 2 rings (SSSR count). The maximum absolute atomic E-state index is 12.3. The predicted octanol–water partition coefficient (Wildman–Crippen LogP) is 2.84. The molecule has 0 unspecified atom stereocenters. The standard InChI is InChI=1S/C13H15F3N2O2S/c14-13(15,16)20-11-4-2-1-3-10(11)9-17-12(19)18-5-7-21-8-6-18/h1-4H,5-9H2,(H,17,19). The monoisotopic (exact) mass is 320 g/mol. The molecule has 1 heterocycles. The van der Waals surface area contributed by atoms with Crippen LogP contribution in [0.5, 0.6) is 5.75 Å². The van der Waals surface area contributed by atoms with E-state index >= 15 is 0 Å². The van der Waals surface area contributed by atoms with Crippen LogP contribution >= 0.6 is 11.8 Å². The van der Waals surface area contributed by atoms with Gasteiger partial charge in [0, 0.05) is 36.7 Å². The van der Waals surface area contributed by atoms with Crippen LogP contribution < -0.4 is 10.1 Å². The van der Waals surface area contributed by atoms with Crippen molar-refractivity contribution in [3.63, 3.8) is 0 Å². The molecule has 4 nitrogen and oxygen atoms in total. The third-order valence-corrected chi connectivity index (χ3v) is 3.87. The predicted molar refractivity (Wildman–Crippen MR) is 74.3 cm³/mol. The highest BCUT2D eigenvalue weighted by atomic mass is 32.2. The number of halogens is 3. The highest BCUT2D eigenvalue weighted by Crippen LogP contribution is 2.26. The van der Waals surface area contributed by atoms with Crippen molar-refractivity contribution in [2.45, 2.75) is 12.9 Å². The first kappa shape index (κ1) is 15.8. The molecule has 116 valence electrons. The second-order valence-corrected chi connectivity index (χ2v) is 5.64. The van der Waals surface area contributed by atoms with Crippen molar-refractivity contribution in [2.24, 2.45) is 0 Å². The van der Waals surface area contributed by atoms with Crippen molar-refractivity contribution in [3.05, 3.63) is 29.8 Å². The van der Waals surface area contributed by atoms with Crippen LogP contribution in [0.15, 0.2) is 24.3 Å². The fourth-order valence-electron chi connectivity index (χ4n) is 1.92. The lowest BCUT2D eigenvalue weighted by Crippen LogP contribution is -2.44. The Bertz CT molecular complexity index is 491. The summed E-state index contributed by atoms with van der Waals surface area (Å²) in [5.41, 5.74) is 0.287. The number of rotatable bonds is 3. The fraction of sp³-hybridized carbons (Fsp3) is 0.462. The highest BCUT2D eigenvalue weighted by Gasteiger charge is 2.32. The van der Waals surface area contributed by atoms with E-state index < -0.39 is 6.36 Å². The molecule has 21 heavy (non-hydrogen) atoms. The van der Waals surface area contributed by atoms with Crippen LogP contribution in [0.1, 0.15) is 5.56 Å². The number of hydrogen-bond acceptors (Lipinski definition) is 3. The molecule has 1 saturated heterocycles. The SMILES string of the molecule is O=C(NCc1ccccc1OC(F)(F)F)N1CCSCC1. The summed E-state index contributed by atoms with van der Waals surface area (Å²) < 4.78 is 40.8. The zero-order chi connectivity index (χ0) is 15.3. The van der Waals surface area contributed by atoms with Crippen LogP contribution in [-0.2, 0) is 6.54 Å². The zero-order valence-corrected chi connectivity index (χ0v) is 12.0. The lowest BCUT2D eigenvalue weighted by molar-refractivity contribution is -0.274. The number of para-hydroxylation sites is 1. The molecule has 1 aromatic carbocycles. The summed E-state index contributed by atoms with van der Waals surface area (Å²) in [4.78, 5) is 13.6. The zero-order valence-electron chi connectivity index (χ0n) is 11.2. The summed E-state index contributed by atoms with van der Waals surface area (Å²) in [5.74, 6) is 1.46. The average Bonchev–Trinajstić information content (AvgIpc) is 2.45. The lowest BCUT2D eigenvalue weighted by Gasteiger charge is -2.26. The number of hydrogen-bond donors (Lipinski definition) is 1. The summed E-state index contributed by atoms with van der Waals surface area (Å²) >= 11 is 1.77. The Labute approximate surface area is 124 Å². The van der Waals surface area contributed by atoms with Crippen LogP contribution in [-0.4, -0.2) is 41.9 Å². The van der Waals surface area contributed by atoms with E-state index in [4.69, 9.17) is 0 Å². The average molecular weight is 320 g/mol. The molecule has 1 aliphatic heterocycles. The van der Waals surface area contributed by atoms with Crippen LogP contribution in [0.3, 0.4) is 0 Å². The van der Waals surface area contributed by atoms with Gasteiger partial charge in [-0.15, -0.1) is 13.2 Å². The maximum Gasteiger partial charge on any atom is 0.573 e. The van der Waals surface area contributed by atoms with Crippen LogP contribution in [0.4, 0.5) is 18.0 Å². The molecule has 2 amide bonds. The van der Waals surface area contributed by atoms with Crippen molar-refractivity contribution < 1.29 is 22.7 Å². The quantitative estimate of drug-likeness (QED) is 0.931. The molecule has 1 fully saturated rings. The van der Waals surface area contributed by atoms with Gasteiger partial charge in [-0.1, -0.05) is 18.2 Å². The molecule has 1 N–H and O–H groups in total. The number of alkyl halides is 3. The largest absolute Gasteiger partial charge is 0.573 e. The van der Waals surface area contributed by atoms with Crippen LogP contribution in [0.2, 0.25) is 0 Å². The minimum absolute atomic E-state index is 0.00523. The van der Waals surface area contributed by atoms with Gasteiger partial charge in [-0.25, -0.2) is 4.79 Å². The fourth-order valence-corrected chi connectivity index (χ4v) is 2.83. The second-order valence-electron chi connectivity index (χ2n) is 4.41. The van der Waals surface area contributed by atoms with Gasteiger partial charge in [-0.2, -0.15) is 11.8 Å². The van der Waals surface area contributed by atoms with Gasteiger partial charge in [0.1, 0.15) is 5.75 Å². The third kappa shape index (κ3) is 5.04. The molecular weight excluding hydrogens is 305 g/mol. The Kier molecular flexibility index (Phi) is 5.22. The molecule has 0 atom stereocenters. The number of nitrogens with one attached hydrogen (secondary N) is 1. The number of carbonyl (C=O) groups is 1. The highest BCUT2D eigenvalue weighted by molar-refractivity contribution is 7.99. The van der Waals surface area contributed by atoms with E-state index in [9.17, 15) is 18.0 Å². The summed E-state index contributed by atoms with van der Waals surface area (Å²) in [5, 5.41) is 2.63. The normalized spacial score (nSPS) is 15.7. The van der Waals surface area contributed by atoms with E-state index in [0.29, 0.717) is 13.1 Å². The lowest BCUT2D eigenvalue weighted by atomic mass is 10.2. The van der Waals surface area contributed by atoms with E-state index in [1.807, 2.05) is 0 Å². The van der Waals surface area contributed by atoms with Gasteiger partial charge in [-0.05, 0) is 6.07 Å². The molecule has 0 saturated carbocycles. The van der Waals surface area contributed by atoms with Crippen molar-refractivity contribution in [2.75, 3.05) is 24.6 Å². The molecule has 8 heteroatoms. The van der Waals surface area contributed by atoms with Crippen LogP contribution in [0.25, 0.3) is 0 Å². The maximum atomic E-state index is 12.3. The first-order chi connectivity index (χ1) is 9.96. The Morgan fingerprint density at radius 3 is 2.62 bits per heavy atom. The molecular formula is C13H15F3N2O2S. The summed E-state index contributed by atoms with van der Waals surface area (Å²) in [6.07, 6.45) is -4.75. The summed E-state index contributed by atoms with van der Waals surface area (Å²) in [7, 11) is 0. The Balaban J connectivity index is 1.94. The van der Waals surface area contributed by atoms with E-state index in [0.717, 1.165) is 11.5 Å². The Morgan fingerprint density at radius 1 is 1.29 bits per heavy atom.